The molecule has 30 heavy (non-hydrogen) atoms. The van der Waals surface area contributed by atoms with Crippen LogP contribution in [-0.2, 0) is 11.3 Å². The van der Waals surface area contributed by atoms with Crippen molar-refractivity contribution >= 4 is 0 Å². The van der Waals surface area contributed by atoms with Gasteiger partial charge in [0.05, 0.1) is 13.2 Å². The molecule has 6 heteroatoms. The first-order valence-corrected chi connectivity index (χ1v) is 10.2. The van der Waals surface area contributed by atoms with Crippen LogP contribution in [-0.4, -0.2) is 48.9 Å². The lowest BCUT2D eigenvalue weighted by atomic mass is 10.2. The van der Waals surface area contributed by atoms with E-state index < -0.39 is 0 Å². The Morgan fingerprint density at radius 3 is 2.37 bits per heavy atom. The summed E-state index contributed by atoms with van der Waals surface area (Å²) in [4.78, 5) is 14.9. The number of nitrogens with zero attached hydrogens (tertiary/aromatic N) is 2. The van der Waals surface area contributed by atoms with Crippen molar-refractivity contribution in [1.29, 1.82) is 0 Å². The number of ether oxygens (including phenoxy) is 3. The van der Waals surface area contributed by atoms with Gasteiger partial charge in [-0.15, -0.1) is 0 Å². The first-order chi connectivity index (χ1) is 14.8. The summed E-state index contributed by atoms with van der Waals surface area (Å²) in [5.41, 5.74) is 1.71. The third kappa shape index (κ3) is 5.49. The summed E-state index contributed by atoms with van der Waals surface area (Å²) >= 11 is 0. The summed E-state index contributed by atoms with van der Waals surface area (Å²) in [6.45, 7) is 5.44. The van der Waals surface area contributed by atoms with Crippen molar-refractivity contribution < 1.29 is 14.2 Å². The summed E-state index contributed by atoms with van der Waals surface area (Å²) < 4.78 is 18.5. The Labute approximate surface area is 176 Å². The van der Waals surface area contributed by atoms with Crippen LogP contribution in [0.2, 0.25) is 0 Å². The Morgan fingerprint density at radius 1 is 0.867 bits per heavy atom. The van der Waals surface area contributed by atoms with E-state index in [-0.39, 0.29) is 5.56 Å². The van der Waals surface area contributed by atoms with E-state index in [0.29, 0.717) is 19.0 Å². The van der Waals surface area contributed by atoms with E-state index in [1.54, 1.807) is 16.8 Å². The molecule has 1 aliphatic rings. The molecular formula is C24H26N2O4. The highest BCUT2D eigenvalue weighted by atomic mass is 16.5. The summed E-state index contributed by atoms with van der Waals surface area (Å²) in [5, 5.41) is 0. The number of aromatic nitrogens is 1. The van der Waals surface area contributed by atoms with E-state index >= 15 is 0 Å². The number of pyridine rings is 1. The molecule has 0 bridgehead atoms. The molecule has 0 aliphatic carbocycles. The monoisotopic (exact) mass is 406 g/mol. The Morgan fingerprint density at radius 2 is 1.63 bits per heavy atom. The predicted octanol–water partition coefficient (Wildman–Crippen LogP) is 3.13. The molecule has 6 nitrogen and oxygen atoms in total. The van der Waals surface area contributed by atoms with Crippen LogP contribution in [0, 0.1) is 0 Å². The largest absolute Gasteiger partial charge is 0.492 e. The third-order valence-electron chi connectivity index (χ3n) is 5.03. The van der Waals surface area contributed by atoms with Gasteiger partial charge in [0.25, 0.3) is 5.56 Å². The fraction of sp³-hybridized carbons (Fsp3) is 0.292. The van der Waals surface area contributed by atoms with Crippen LogP contribution in [0.25, 0.3) is 5.69 Å². The maximum absolute atomic E-state index is 12.5. The lowest BCUT2D eigenvalue weighted by Crippen LogP contribution is -2.38. The van der Waals surface area contributed by atoms with Crippen LogP contribution in [0.1, 0.15) is 5.56 Å². The molecule has 0 radical (unpaired) electrons. The van der Waals surface area contributed by atoms with Gasteiger partial charge in [-0.3, -0.25) is 14.3 Å². The van der Waals surface area contributed by atoms with Crippen molar-refractivity contribution in [3.63, 3.8) is 0 Å². The summed E-state index contributed by atoms with van der Waals surface area (Å²) in [6, 6.07) is 20.7. The minimum Gasteiger partial charge on any atom is -0.492 e. The topological polar surface area (TPSA) is 52.9 Å². The Balaban J connectivity index is 1.32. The maximum Gasteiger partial charge on any atom is 0.258 e. The first-order valence-electron chi connectivity index (χ1n) is 10.2. The van der Waals surface area contributed by atoms with E-state index in [4.69, 9.17) is 14.2 Å². The maximum atomic E-state index is 12.5. The van der Waals surface area contributed by atoms with Gasteiger partial charge >= 0.3 is 0 Å². The van der Waals surface area contributed by atoms with Gasteiger partial charge in [-0.1, -0.05) is 30.3 Å². The van der Waals surface area contributed by atoms with Gasteiger partial charge < -0.3 is 14.2 Å². The number of benzene rings is 2. The van der Waals surface area contributed by atoms with Crippen LogP contribution < -0.4 is 15.0 Å². The molecule has 3 aromatic rings. The van der Waals surface area contributed by atoms with E-state index in [0.717, 1.165) is 49.8 Å². The van der Waals surface area contributed by atoms with Crippen LogP contribution in [0.15, 0.2) is 77.7 Å². The normalized spacial score (nSPS) is 14.4. The fourth-order valence-corrected chi connectivity index (χ4v) is 3.33. The Bertz CT molecular complexity index is 980. The summed E-state index contributed by atoms with van der Waals surface area (Å²) in [5.74, 6) is 1.35. The van der Waals surface area contributed by atoms with Crippen LogP contribution in [0.5, 0.6) is 11.5 Å². The summed E-state index contributed by atoms with van der Waals surface area (Å²) in [7, 11) is 0. The Kier molecular flexibility index (Phi) is 6.79. The third-order valence-corrected chi connectivity index (χ3v) is 5.03. The lowest BCUT2D eigenvalue weighted by Gasteiger charge is -2.26. The van der Waals surface area contributed by atoms with Gasteiger partial charge in [0, 0.05) is 37.6 Å². The molecule has 156 valence electrons. The molecule has 0 N–H and O–H groups in total. The zero-order valence-electron chi connectivity index (χ0n) is 16.9. The average Bonchev–Trinajstić information content (AvgIpc) is 2.80. The van der Waals surface area contributed by atoms with Gasteiger partial charge in [-0.25, -0.2) is 0 Å². The molecule has 1 saturated heterocycles. The van der Waals surface area contributed by atoms with E-state index in [1.807, 2.05) is 54.6 Å². The molecule has 0 saturated carbocycles. The highest BCUT2D eigenvalue weighted by molar-refractivity contribution is 5.38. The quantitative estimate of drug-likeness (QED) is 0.575. The van der Waals surface area contributed by atoms with Crippen LogP contribution in [0.3, 0.4) is 0 Å². The SMILES string of the molecule is O=c1cc(OCc2ccccc2)ccn1-c1ccc(OCCN2CCOCC2)cc1. The smallest absolute Gasteiger partial charge is 0.258 e. The van der Waals surface area contributed by atoms with E-state index in [9.17, 15) is 4.79 Å². The van der Waals surface area contributed by atoms with Crippen molar-refractivity contribution in [1.82, 2.24) is 9.47 Å². The molecule has 1 aliphatic heterocycles. The van der Waals surface area contributed by atoms with Gasteiger partial charge in [0.15, 0.2) is 0 Å². The predicted molar refractivity (Wildman–Crippen MR) is 116 cm³/mol. The van der Waals surface area contributed by atoms with Gasteiger partial charge in [-0.05, 0) is 35.9 Å². The second-order valence-corrected chi connectivity index (χ2v) is 7.14. The van der Waals surface area contributed by atoms with Crippen molar-refractivity contribution in [2.75, 3.05) is 39.5 Å². The molecular weight excluding hydrogens is 380 g/mol. The number of hydrogen-bond donors (Lipinski definition) is 0. The number of morpholine rings is 1. The molecule has 1 aromatic heterocycles. The molecule has 2 heterocycles. The van der Waals surface area contributed by atoms with E-state index in [2.05, 4.69) is 4.90 Å². The molecule has 0 atom stereocenters. The molecule has 1 fully saturated rings. The number of hydrogen-bond acceptors (Lipinski definition) is 5. The zero-order valence-corrected chi connectivity index (χ0v) is 16.9. The second-order valence-electron chi connectivity index (χ2n) is 7.14. The molecule has 4 rings (SSSR count). The molecule has 0 spiro atoms. The Hall–Kier alpha value is -3.09. The highest BCUT2D eigenvalue weighted by Gasteiger charge is 2.10. The van der Waals surface area contributed by atoms with Crippen molar-refractivity contribution in [2.45, 2.75) is 6.61 Å². The highest BCUT2D eigenvalue weighted by Crippen LogP contribution is 2.16. The first kappa shape index (κ1) is 20.2. The second kappa shape index (κ2) is 10.1. The van der Waals surface area contributed by atoms with Crippen molar-refractivity contribution in [3.8, 4) is 17.2 Å². The van der Waals surface area contributed by atoms with Crippen LogP contribution >= 0.6 is 0 Å². The standard InChI is InChI=1S/C24H26N2O4/c27-24-18-23(30-19-20-4-2-1-3-5-20)10-11-26(24)21-6-8-22(9-7-21)29-17-14-25-12-15-28-16-13-25/h1-11,18H,12-17,19H2. The minimum absolute atomic E-state index is 0.137. The molecule has 0 amide bonds. The van der Waals surface area contributed by atoms with Gasteiger partial charge in [0.1, 0.15) is 24.7 Å². The summed E-state index contributed by atoms with van der Waals surface area (Å²) in [6.07, 6.45) is 1.73. The van der Waals surface area contributed by atoms with E-state index in [1.165, 1.54) is 6.07 Å². The van der Waals surface area contributed by atoms with Crippen LogP contribution in [0.4, 0.5) is 0 Å². The average molecular weight is 406 g/mol. The molecule has 2 aromatic carbocycles. The van der Waals surface area contributed by atoms with Crippen molar-refractivity contribution in [3.05, 3.63) is 88.8 Å². The van der Waals surface area contributed by atoms with Crippen molar-refractivity contribution in [2.24, 2.45) is 0 Å². The number of rotatable bonds is 8. The van der Waals surface area contributed by atoms with Gasteiger partial charge in [-0.2, -0.15) is 0 Å². The van der Waals surface area contributed by atoms with Gasteiger partial charge in [0.2, 0.25) is 0 Å². The lowest BCUT2D eigenvalue weighted by molar-refractivity contribution is 0.0322. The fourth-order valence-electron chi connectivity index (χ4n) is 3.33. The molecule has 0 unspecified atom stereocenters. The minimum atomic E-state index is -0.137. The zero-order chi connectivity index (χ0) is 20.6.